The molecule has 0 saturated carbocycles. The van der Waals surface area contributed by atoms with E-state index in [-0.39, 0.29) is 11.7 Å². The van der Waals surface area contributed by atoms with E-state index in [2.05, 4.69) is 32.7 Å². The summed E-state index contributed by atoms with van der Waals surface area (Å²) in [5.41, 5.74) is 4.24. The second kappa shape index (κ2) is 9.86. The summed E-state index contributed by atoms with van der Waals surface area (Å²) >= 11 is 1.36. The summed E-state index contributed by atoms with van der Waals surface area (Å²) in [6.45, 7) is 7.88. The van der Waals surface area contributed by atoms with Crippen LogP contribution in [0.5, 0.6) is 0 Å². The molecule has 1 aromatic carbocycles. The molecule has 4 rings (SSSR count). The van der Waals surface area contributed by atoms with Crippen LogP contribution >= 0.6 is 11.8 Å². The lowest BCUT2D eigenvalue weighted by molar-refractivity contribution is -0.118. The van der Waals surface area contributed by atoms with Crippen molar-refractivity contribution in [3.05, 3.63) is 71.2 Å². The van der Waals surface area contributed by atoms with Crippen molar-refractivity contribution in [3.8, 4) is 11.6 Å². The molecule has 1 N–H and O–H groups in total. The number of thioether (sulfide) groups is 1. The average molecular weight is 451 g/mol. The smallest absolute Gasteiger partial charge is 0.230 e. The van der Waals surface area contributed by atoms with Crippen molar-refractivity contribution < 1.29 is 9.21 Å². The summed E-state index contributed by atoms with van der Waals surface area (Å²) in [5.74, 6) is 1.52. The minimum absolute atomic E-state index is 0.0604. The first-order valence-corrected chi connectivity index (χ1v) is 11.5. The van der Waals surface area contributed by atoms with Crippen LogP contribution in [0.2, 0.25) is 0 Å². The maximum Gasteiger partial charge on any atom is 0.230 e. The van der Waals surface area contributed by atoms with Gasteiger partial charge in [0, 0.05) is 24.3 Å². The third-order valence-electron chi connectivity index (χ3n) is 5.28. The van der Waals surface area contributed by atoms with Gasteiger partial charge in [0.25, 0.3) is 0 Å². The van der Waals surface area contributed by atoms with Gasteiger partial charge in [-0.1, -0.05) is 42.1 Å². The first-order valence-electron chi connectivity index (χ1n) is 10.5. The lowest BCUT2D eigenvalue weighted by Gasteiger charge is -2.08. The number of furan rings is 1. The van der Waals surface area contributed by atoms with Gasteiger partial charge in [-0.05, 0) is 38.5 Å². The van der Waals surface area contributed by atoms with Gasteiger partial charge in [0.05, 0.1) is 24.3 Å². The van der Waals surface area contributed by atoms with E-state index >= 15 is 0 Å². The molecule has 32 heavy (non-hydrogen) atoms. The standard InChI is InChI=1S/C23H26N6O2S/c1-4-28-22(20-11-8-12-31-20)25-26-23(28)32-15-21(30)24-13-19-16(2)27-29(17(19)3)14-18-9-6-5-7-10-18/h5-12H,4,13-15H2,1-3H3,(H,24,30). The first kappa shape index (κ1) is 21.9. The van der Waals surface area contributed by atoms with E-state index in [0.717, 1.165) is 17.0 Å². The number of carbonyl (C=O) groups is 1. The third kappa shape index (κ3) is 4.77. The molecule has 3 aromatic heterocycles. The van der Waals surface area contributed by atoms with Crippen LogP contribution in [0.15, 0.2) is 58.3 Å². The summed E-state index contributed by atoms with van der Waals surface area (Å²) in [4.78, 5) is 12.5. The fraction of sp³-hybridized carbons (Fsp3) is 0.304. The number of rotatable bonds is 9. The molecule has 0 radical (unpaired) electrons. The highest BCUT2D eigenvalue weighted by Crippen LogP contribution is 2.24. The van der Waals surface area contributed by atoms with Gasteiger partial charge in [0.1, 0.15) is 0 Å². The molecule has 0 atom stereocenters. The lowest BCUT2D eigenvalue weighted by atomic mass is 10.2. The van der Waals surface area contributed by atoms with E-state index in [1.165, 1.54) is 17.3 Å². The maximum atomic E-state index is 12.5. The van der Waals surface area contributed by atoms with Crippen LogP contribution in [0, 0.1) is 13.8 Å². The molecule has 0 saturated heterocycles. The Hall–Kier alpha value is -3.33. The normalized spacial score (nSPS) is 11.1. The van der Waals surface area contributed by atoms with Gasteiger partial charge < -0.3 is 9.73 Å². The first-order chi connectivity index (χ1) is 15.6. The largest absolute Gasteiger partial charge is 0.461 e. The fourth-order valence-corrected chi connectivity index (χ4v) is 4.37. The second-order valence-corrected chi connectivity index (χ2v) is 8.33. The van der Waals surface area contributed by atoms with Gasteiger partial charge in [0.15, 0.2) is 16.7 Å². The summed E-state index contributed by atoms with van der Waals surface area (Å²) in [6.07, 6.45) is 1.61. The molecular formula is C23H26N6O2S. The number of amides is 1. The molecule has 166 valence electrons. The zero-order chi connectivity index (χ0) is 22.5. The molecule has 0 aliphatic rings. The molecule has 0 bridgehead atoms. The van der Waals surface area contributed by atoms with E-state index < -0.39 is 0 Å². The fourth-order valence-electron chi connectivity index (χ4n) is 3.54. The molecule has 8 nitrogen and oxygen atoms in total. The Morgan fingerprint density at radius 3 is 2.66 bits per heavy atom. The zero-order valence-electron chi connectivity index (χ0n) is 18.4. The number of hydrogen-bond acceptors (Lipinski definition) is 6. The van der Waals surface area contributed by atoms with Gasteiger partial charge >= 0.3 is 0 Å². The number of nitrogens with one attached hydrogen (secondary N) is 1. The molecule has 0 fully saturated rings. The van der Waals surface area contributed by atoms with E-state index in [1.807, 2.05) is 60.4 Å². The van der Waals surface area contributed by atoms with Crippen molar-refractivity contribution in [3.63, 3.8) is 0 Å². The summed E-state index contributed by atoms with van der Waals surface area (Å²) in [7, 11) is 0. The van der Waals surface area contributed by atoms with Crippen molar-refractivity contribution in [2.24, 2.45) is 0 Å². The van der Waals surface area contributed by atoms with Crippen LogP contribution in [-0.2, 0) is 24.4 Å². The molecule has 0 aliphatic carbocycles. The van der Waals surface area contributed by atoms with Crippen LogP contribution in [0.3, 0.4) is 0 Å². The number of benzene rings is 1. The molecule has 0 unspecified atom stereocenters. The third-order valence-corrected chi connectivity index (χ3v) is 6.24. The Labute approximate surface area is 191 Å². The number of nitrogens with zero attached hydrogens (tertiary/aromatic N) is 5. The van der Waals surface area contributed by atoms with E-state index in [4.69, 9.17) is 4.42 Å². The summed E-state index contributed by atoms with van der Waals surface area (Å²) < 4.78 is 9.36. The van der Waals surface area contributed by atoms with Crippen LogP contribution in [0.1, 0.15) is 29.4 Å². The highest BCUT2D eigenvalue weighted by Gasteiger charge is 2.17. The number of carbonyl (C=O) groups excluding carboxylic acids is 1. The van der Waals surface area contributed by atoms with Gasteiger partial charge in [-0.15, -0.1) is 10.2 Å². The van der Waals surface area contributed by atoms with Crippen molar-refractivity contribution in [2.75, 3.05) is 5.75 Å². The summed E-state index contributed by atoms with van der Waals surface area (Å²) in [5, 5.41) is 16.8. The van der Waals surface area contributed by atoms with Gasteiger partial charge in [0.2, 0.25) is 5.91 Å². The SMILES string of the molecule is CCn1c(SCC(=O)NCc2c(C)nn(Cc3ccccc3)c2C)nnc1-c1ccco1. The molecule has 0 aliphatic heterocycles. The molecular weight excluding hydrogens is 424 g/mol. The van der Waals surface area contributed by atoms with Gasteiger partial charge in [-0.25, -0.2) is 0 Å². The van der Waals surface area contributed by atoms with Gasteiger partial charge in [-0.3, -0.25) is 14.0 Å². The highest BCUT2D eigenvalue weighted by atomic mass is 32.2. The Morgan fingerprint density at radius 1 is 1.12 bits per heavy atom. The highest BCUT2D eigenvalue weighted by molar-refractivity contribution is 7.99. The lowest BCUT2D eigenvalue weighted by Crippen LogP contribution is -2.25. The minimum atomic E-state index is -0.0604. The van der Waals surface area contributed by atoms with Crippen LogP contribution in [-0.4, -0.2) is 36.2 Å². The minimum Gasteiger partial charge on any atom is -0.461 e. The average Bonchev–Trinajstić information content (AvgIpc) is 3.52. The van der Waals surface area contributed by atoms with Gasteiger partial charge in [-0.2, -0.15) is 5.10 Å². The van der Waals surface area contributed by atoms with E-state index in [1.54, 1.807) is 6.26 Å². The predicted molar refractivity (Wildman–Crippen MR) is 123 cm³/mol. The van der Waals surface area contributed by atoms with Crippen LogP contribution < -0.4 is 5.32 Å². The maximum absolute atomic E-state index is 12.5. The Morgan fingerprint density at radius 2 is 1.94 bits per heavy atom. The number of hydrogen-bond donors (Lipinski definition) is 1. The van der Waals surface area contributed by atoms with Crippen molar-refractivity contribution in [1.82, 2.24) is 29.9 Å². The number of aryl methyl sites for hydroxylation is 1. The van der Waals surface area contributed by atoms with Crippen LogP contribution in [0.4, 0.5) is 0 Å². The summed E-state index contributed by atoms with van der Waals surface area (Å²) in [6, 6.07) is 13.9. The molecule has 0 spiro atoms. The van der Waals surface area contributed by atoms with Crippen molar-refractivity contribution in [1.29, 1.82) is 0 Å². The second-order valence-electron chi connectivity index (χ2n) is 7.39. The molecule has 3 heterocycles. The van der Waals surface area contributed by atoms with E-state index in [9.17, 15) is 4.79 Å². The molecule has 1 amide bonds. The van der Waals surface area contributed by atoms with E-state index in [0.29, 0.717) is 36.4 Å². The topological polar surface area (TPSA) is 90.8 Å². The van der Waals surface area contributed by atoms with Crippen LogP contribution in [0.25, 0.3) is 11.6 Å². The quantitative estimate of drug-likeness (QED) is 0.390. The zero-order valence-corrected chi connectivity index (χ0v) is 19.2. The number of aromatic nitrogens is 5. The van der Waals surface area contributed by atoms with Crippen molar-refractivity contribution in [2.45, 2.75) is 45.6 Å². The Bertz CT molecular complexity index is 1180. The van der Waals surface area contributed by atoms with Crippen molar-refractivity contribution >= 4 is 17.7 Å². The molecule has 4 aromatic rings. The predicted octanol–water partition coefficient (Wildman–Crippen LogP) is 3.83. The Balaban J connectivity index is 1.35. The Kier molecular flexibility index (Phi) is 6.75. The monoisotopic (exact) mass is 450 g/mol. The molecule has 9 heteroatoms.